The number of carbonyl (C=O) groups excluding carboxylic acids is 3. The standard InChI is InChI=1S/C18H14F3NO4/c1-11(23)22-15-7-3-5-13(9-15)17(25)26-10-16(24)12-4-2-6-14(8-12)18(19,20)21/h2-9H,10H2,1H3,(H,22,23). The minimum atomic E-state index is -4.57. The fourth-order valence-corrected chi connectivity index (χ4v) is 2.09. The third-order valence-corrected chi connectivity index (χ3v) is 3.26. The zero-order valence-electron chi connectivity index (χ0n) is 13.6. The van der Waals surface area contributed by atoms with E-state index in [1.165, 1.54) is 31.2 Å². The van der Waals surface area contributed by atoms with Crippen molar-refractivity contribution in [1.82, 2.24) is 0 Å². The largest absolute Gasteiger partial charge is 0.454 e. The Kier molecular flexibility index (Phi) is 5.76. The van der Waals surface area contributed by atoms with Crippen molar-refractivity contribution in [2.45, 2.75) is 13.1 Å². The van der Waals surface area contributed by atoms with E-state index in [0.717, 1.165) is 12.1 Å². The number of esters is 1. The first kappa shape index (κ1) is 19.2. The van der Waals surface area contributed by atoms with Gasteiger partial charge in [0.25, 0.3) is 0 Å². The summed E-state index contributed by atoms with van der Waals surface area (Å²) in [5, 5.41) is 2.49. The molecule has 1 N–H and O–H groups in total. The molecular formula is C18H14F3NO4. The molecule has 0 radical (unpaired) electrons. The molecule has 2 aromatic rings. The SMILES string of the molecule is CC(=O)Nc1cccc(C(=O)OCC(=O)c2cccc(C(F)(F)F)c2)c1. The molecule has 0 bridgehead atoms. The van der Waals surface area contributed by atoms with E-state index >= 15 is 0 Å². The molecule has 0 fully saturated rings. The fraction of sp³-hybridized carbons (Fsp3) is 0.167. The van der Waals surface area contributed by atoms with Crippen LogP contribution in [-0.4, -0.2) is 24.3 Å². The van der Waals surface area contributed by atoms with Crippen LogP contribution in [0.15, 0.2) is 48.5 Å². The Bertz CT molecular complexity index is 846. The summed E-state index contributed by atoms with van der Waals surface area (Å²) in [7, 11) is 0. The Morgan fingerprint density at radius 1 is 1.00 bits per heavy atom. The molecule has 0 aliphatic heterocycles. The number of hydrogen-bond donors (Lipinski definition) is 1. The molecule has 0 unspecified atom stereocenters. The van der Waals surface area contributed by atoms with E-state index in [-0.39, 0.29) is 17.0 Å². The van der Waals surface area contributed by atoms with Gasteiger partial charge in [-0.05, 0) is 30.3 Å². The van der Waals surface area contributed by atoms with Crippen molar-refractivity contribution < 1.29 is 32.3 Å². The Morgan fingerprint density at radius 2 is 1.65 bits per heavy atom. The van der Waals surface area contributed by atoms with E-state index in [1.807, 2.05) is 0 Å². The Labute approximate surface area is 146 Å². The van der Waals surface area contributed by atoms with Crippen LogP contribution in [0.4, 0.5) is 18.9 Å². The summed E-state index contributed by atoms with van der Waals surface area (Å²) in [6, 6.07) is 9.71. The predicted molar refractivity (Wildman–Crippen MR) is 86.8 cm³/mol. The number of Topliss-reactive ketones (excluding diaryl/α,β-unsaturated/α-hetero) is 1. The molecule has 0 saturated heterocycles. The topological polar surface area (TPSA) is 72.5 Å². The van der Waals surface area contributed by atoms with Crippen molar-refractivity contribution in [3.05, 3.63) is 65.2 Å². The Balaban J connectivity index is 2.03. The Morgan fingerprint density at radius 3 is 2.31 bits per heavy atom. The molecule has 0 aromatic heterocycles. The summed E-state index contributed by atoms with van der Waals surface area (Å²) >= 11 is 0. The van der Waals surface area contributed by atoms with Gasteiger partial charge < -0.3 is 10.1 Å². The van der Waals surface area contributed by atoms with Crippen LogP contribution < -0.4 is 5.32 Å². The number of halogens is 3. The van der Waals surface area contributed by atoms with Gasteiger partial charge in [0, 0.05) is 18.2 Å². The van der Waals surface area contributed by atoms with Crippen LogP contribution in [-0.2, 0) is 15.7 Å². The number of anilines is 1. The smallest absolute Gasteiger partial charge is 0.416 e. The fourth-order valence-electron chi connectivity index (χ4n) is 2.09. The summed E-state index contributed by atoms with van der Waals surface area (Å²) in [6.07, 6.45) is -4.57. The minimum Gasteiger partial charge on any atom is -0.454 e. The van der Waals surface area contributed by atoms with Crippen molar-refractivity contribution in [3.8, 4) is 0 Å². The van der Waals surface area contributed by atoms with Crippen molar-refractivity contribution in [2.24, 2.45) is 0 Å². The molecule has 26 heavy (non-hydrogen) atoms. The van der Waals surface area contributed by atoms with Crippen molar-refractivity contribution in [2.75, 3.05) is 11.9 Å². The summed E-state index contributed by atoms with van der Waals surface area (Å²) in [6.45, 7) is 0.600. The van der Waals surface area contributed by atoms with Gasteiger partial charge in [-0.15, -0.1) is 0 Å². The first-order valence-electron chi connectivity index (χ1n) is 7.42. The van der Waals surface area contributed by atoms with Crippen LogP contribution in [0.3, 0.4) is 0 Å². The highest BCUT2D eigenvalue weighted by atomic mass is 19.4. The van der Waals surface area contributed by atoms with E-state index in [1.54, 1.807) is 6.07 Å². The quantitative estimate of drug-likeness (QED) is 0.648. The first-order valence-corrected chi connectivity index (χ1v) is 7.42. The van der Waals surface area contributed by atoms with Crippen LogP contribution in [0.1, 0.15) is 33.2 Å². The number of ether oxygens (including phenoxy) is 1. The van der Waals surface area contributed by atoms with Gasteiger partial charge >= 0.3 is 12.1 Å². The molecule has 0 atom stereocenters. The van der Waals surface area contributed by atoms with Crippen LogP contribution in [0, 0.1) is 0 Å². The molecular weight excluding hydrogens is 351 g/mol. The lowest BCUT2D eigenvalue weighted by Gasteiger charge is -2.09. The van der Waals surface area contributed by atoms with Gasteiger partial charge in [0.15, 0.2) is 12.4 Å². The molecule has 0 spiro atoms. The molecule has 0 saturated carbocycles. The summed E-state index contributed by atoms with van der Waals surface area (Å²) in [5.74, 6) is -1.92. The number of carbonyl (C=O) groups is 3. The molecule has 136 valence electrons. The molecule has 8 heteroatoms. The average Bonchev–Trinajstić information content (AvgIpc) is 2.58. The number of benzene rings is 2. The second-order valence-electron chi connectivity index (χ2n) is 5.34. The van der Waals surface area contributed by atoms with Crippen LogP contribution >= 0.6 is 0 Å². The van der Waals surface area contributed by atoms with Crippen LogP contribution in [0.25, 0.3) is 0 Å². The lowest BCUT2D eigenvalue weighted by Crippen LogP contribution is -2.15. The highest BCUT2D eigenvalue weighted by Gasteiger charge is 2.30. The molecule has 5 nitrogen and oxygen atoms in total. The highest BCUT2D eigenvalue weighted by Crippen LogP contribution is 2.29. The van der Waals surface area contributed by atoms with Gasteiger partial charge in [0.05, 0.1) is 11.1 Å². The number of amides is 1. The maximum atomic E-state index is 12.7. The second-order valence-corrected chi connectivity index (χ2v) is 5.34. The second kappa shape index (κ2) is 7.81. The van der Waals surface area contributed by atoms with E-state index in [9.17, 15) is 27.6 Å². The number of ketones is 1. The number of hydrogen-bond acceptors (Lipinski definition) is 4. The predicted octanol–water partition coefficient (Wildman–Crippen LogP) is 3.70. The Hall–Kier alpha value is -3.16. The molecule has 0 aliphatic carbocycles. The van der Waals surface area contributed by atoms with Gasteiger partial charge in [-0.1, -0.05) is 18.2 Å². The summed E-state index contributed by atoms with van der Waals surface area (Å²) < 4.78 is 42.9. The van der Waals surface area contributed by atoms with Crippen molar-refractivity contribution in [1.29, 1.82) is 0 Å². The number of nitrogens with one attached hydrogen (secondary N) is 1. The lowest BCUT2D eigenvalue weighted by atomic mass is 10.1. The van der Waals surface area contributed by atoms with Gasteiger partial charge in [-0.25, -0.2) is 4.79 Å². The normalized spacial score (nSPS) is 10.9. The van der Waals surface area contributed by atoms with Crippen molar-refractivity contribution in [3.63, 3.8) is 0 Å². The van der Waals surface area contributed by atoms with Gasteiger partial charge in [-0.2, -0.15) is 13.2 Å². The van der Waals surface area contributed by atoms with Crippen LogP contribution in [0.5, 0.6) is 0 Å². The summed E-state index contributed by atoms with van der Waals surface area (Å²) in [4.78, 5) is 35.0. The molecule has 2 aromatic carbocycles. The third kappa shape index (κ3) is 5.17. The van der Waals surface area contributed by atoms with Crippen molar-refractivity contribution >= 4 is 23.3 Å². The maximum absolute atomic E-state index is 12.7. The highest BCUT2D eigenvalue weighted by molar-refractivity contribution is 6.00. The van der Waals surface area contributed by atoms with Gasteiger partial charge in [0.2, 0.25) is 5.91 Å². The lowest BCUT2D eigenvalue weighted by molar-refractivity contribution is -0.137. The van der Waals surface area contributed by atoms with E-state index in [0.29, 0.717) is 11.8 Å². The van der Waals surface area contributed by atoms with Gasteiger partial charge in [-0.3, -0.25) is 9.59 Å². The average molecular weight is 365 g/mol. The monoisotopic (exact) mass is 365 g/mol. The third-order valence-electron chi connectivity index (χ3n) is 3.26. The maximum Gasteiger partial charge on any atom is 0.416 e. The zero-order valence-corrected chi connectivity index (χ0v) is 13.6. The number of rotatable bonds is 5. The van der Waals surface area contributed by atoms with Crippen LogP contribution in [0.2, 0.25) is 0 Å². The molecule has 2 rings (SSSR count). The van der Waals surface area contributed by atoms with E-state index in [2.05, 4.69) is 5.32 Å². The number of alkyl halides is 3. The molecule has 0 aliphatic rings. The summed E-state index contributed by atoms with van der Waals surface area (Å²) in [5.41, 5.74) is -0.707. The first-order chi connectivity index (χ1) is 12.2. The van der Waals surface area contributed by atoms with E-state index in [4.69, 9.17) is 4.74 Å². The molecule has 0 heterocycles. The molecule has 1 amide bonds. The minimum absolute atomic E-state index is 0.0908. The van der Waals surface area contributed by atoms with Gasteiger partial charge in [0.1, 0.15) is 0 Å². The van der Waals surface area contributed by atoms with E-state index < -0.39 is 30.1 Å². The zero-order chi connectivity index (χ0) is 19.3.